The van der Waals surface area contributed by atoms with Crippen molar-refractivity contribution in [1.82, 2.24) is 19.5 Å². The van der Waals surface area contributed by atoms with Crippen LogP contribution in [0.3, 0.4) is 0 Å². The summed E-state index contributed by atoms with van der Waals surface area (Å²) < 4.78 is 27.4. The normalized spacial score (nSPS) is 15.0. The summed E-state index contributed by atoms with van der Waals surface area (Å²) in [7, 11) is 1.89. The standard InChI is InChI=1S/C23H20FN5O2/c1-29-10-9-25-22(29)21-18(15-5-4-6-16(24)11-15)13-27-23(28-21)26-12-17-14-30-19-7-2-3-8-20(19)31-17/h2-11,13,17H,12,14H2,1H3,(H,26,27,28)/t17-/m0/s1. The summed E-state index contributed by atoms with van der Waals surface area (Å²) in [6.45, 7) is 0.894. The molecule has 7 nitrogen and oxygen atoms in total. The van der Waals surface area contributed by atoms with Gasteiger partial charge in [0.1, 0.15) is 24.2 Å². The fraction of sp³-hybridized carbons (Fsp3) is 0.174. The lowest BCUT2D eigenvalue weighted by Gasteiger charge is -2.26. The van der Waals surface area contributed by atoms with E-state index in [2.05, 4.69) is 20.3 Å². The third-order valence-corrected chi connectivity index (χ3v) is 5.01. The molecule has 5 rings (SSSR count). The lowest BCUT2D eigenvalue weighted by Crippen LogP contribution is -2.35. The summed E-state index contributed by atoms with van der Waals surface area (Å²) in [6, 6.07) is 13.9. The molecule has 1 aliphatic rings. The Labute approximate surface area is 178 Å². The number of anilines is 1. The molecule has 0 amide bonds. The zero-order valence-corrected chi connectivity index (χ0v) is 16.8. The number of para-hydroxylation sites is 2. The first-order chi connectivity index (χ1) is 15.2. The van der Waals surface area contributed by atoms with E-state index in [1.807, 2.05) is 48.1 Å². The van der Waals surface area contributed by atoms with Gasteiger partial charge in [-0.1, -0.05) is 24.3 Å². The third kappa shape index (κ3) is 3.92. The molecule has 0 saturated heterocycles. The second-order valence-corrected chi connectivity index (χ2v) is 7.21. The number of hydrogen-bond donors (Lipinski definition) is 1. The van der Waals surface area contributed by atoms with Gasteiger partial charge < -0.3 is 19.4 Å². The molecule has 0 spiro atoms. The second-order valence-electron chi connectivity index (χ2n) is 7.21. The largest absolute Gasteiger partial charge is 0.486 e. The van der Waals surface area contributed by atoms with E-state index < -0.39 is 0 Å². The van der Waals surface area contributed by atoms with Crippen LogP contribution in [-0.4, -0.2) is 38.8 Å². The molecular formula is C23H20FN5O2. The summed E-state index contributed by atoms with van der Waals surface area (Å²) in [5.41, 5.74) is 2.00. The Bertz CT molecular complexity index is 1230. The highest BCUT2D eigenvalue weighted by Crippen LogP contribution is 2.32. The third-order valence-electron chi connectivity index (χ3n) is 5.01. The van der Waals surface area contributed by atoms with Gasteiger partial charge in [-0.2, -0.15) is 0 Å². The number of imidazole rings is 1. The van der Waals surface area contributed by atoms with Gasteiger partial charge in [-0.05, 0) is 29.8 Å². The Hall–Kier alpha value is -3.94. The maximum atomic E-state index is 13.8. The zero-order valence-electron chi connectivity index (χ0n) is 16.8. The lowest BCUT2D eigenvalue weighted by molar-refractivity contribution is 0.0996. The molecule has 156 valence electrons. The van der Waals surface area contributed by atoms with Gasteiger partial charge in [-0.3, -0.25) is 0 Å². The molecule has 1 aliphatic heterocycles. The van der Waals surface area contributed by atoms with E-state index in [1.165, 1.54) is 12.1 Å². The predicted octanol–water partition coefficient (Wildman–Crippen LogP) is 3.94. The van der Waals surface area contributed by atoms with Crippen molar-refractivity contribution in [3.8, 4) is 34.1 Å². The van der Waals surface area contributed by atoms with Crippen LogP contribution in [-0.2, 0) is 7.05 Å². The highest BCUT2D eigenvalue weighted by Gasteiger charge is 2.21. The number of benzene rings is 2. The Morgan fingerprint density at radius 3 is 2.81 bits per heavy atom. The van der Waals surface area contributed by atoms with Crippen LogP contribution in [0.15, 0.2) is 67.1 Å². The van der Waals surface area contributed by atoms with Gasteiger partial charge in [0.25, 0.3) is 0 Å². The van der Waals surface area contributed by atoms with E-state index in [1.54, 1.807) is 18.5 Å². The number of aromatic nitrogens is 4. The Morgan fingerprint density at radius 1 is 1.13 bits per heavy atom. The molecule has 0 unspecified atom stereocenters. The molecule has 2 aromatic heterocycles. The van der Waals surface area contributed by atoms with Crippen LogP contribution >= 0.6 is 0 Å². The van der Waals surface area contributed by atoms with Crippen molar-refractivity contribution < 1.29 is 13.9 Å². The zero-order chi connectivity index (χ0) is 21.2. The minimum atomic E-state index is -0.319. The van der Waals surface area contributed by atoms with Gasteiger partial charge in [0, 0.05) is 31.2 Å². The maximum absolute atomic E-state index is 13.8. The van der Waals surface area contributed by atoms with E-state index in [0.29, 0.717) is 41.7 Å². The van der Waals surface area contributed by atoms with Crippen molar-refractivity contribution in [1.29, 1.82) is 0 Å². The lowest BCUT2D eigenvalue weighted by atomic mass is 10.1. The van der Waals surface area contributed by atoms with Crippen molar-refractivity contribution in [3.05, 3.63) is 72.9 Å². The quantitative estimate of drug-likeness (QED) is 0.530. The minimum Gasteiger partial charge on any atom is -0.486 e. The topological polar surface area (TPSA) is 74.1 Å². The fourth-order valence-electron chi connectivity index (χ4n) is 3.47. The van der Waals surface area contributed by atoms with Gasteiger partial charge >= 0.3 is 0 Å². The molecule has 0 aliphatic carbocycles. The highest BCUT2D eigenvalue weighted by atomic mass is 19.1. The number of aryl methyl sites for hydroxylation is 1. The fourth-order valence-corrected chi connectivity index (χ4v) is 3.47. The molecule has 0 radical (unpaired) electrons. The van der Waals surface area contributed by atoms with Gasteiger partial charge in [0.2, 0.25) is 5.95 Å². The van der Waals surface area contributed by atoms with Crippen LogP contribution in [0, 0.1) is 5.82 Å². The molecule has 0 bridgehead atoms. The molecular weight excluding hydrogens is 397 g/mol. The predicted molar refractivity (Wildman–Crippen MR) is 114 cm³/mol. The number of ether oxygens (including phenoxy) is 2. The second kappa shape index (κ2) is 8.06. The molecule has 1 atom stereocenters. The van der Waals surface area contributed by atoms with Crippen LogP contribution in [0.5, 0.6) is 11.5 Å². The number of fused-ring (bicyclic) bond motifs is 1. The van der Waals surface area contributed by atoms with Crippen molar-refractivity contribution in [2.45, 2.75) is 6.10 Å². The van der Waals surface area contributed by atoms with Crippen LogP contribution < -0.4 is 14.8 Å². The summed E-state index contributed by atoms with van der Waals surface area (Å²) in [5, 5.41) is 3.22. The average molecular weight is 417 g/mol. The van der Waals surface area contributed by atoms with Gasteiger partial charge in [0.15, 0.2) is 17.3 Å². The smallest absolute Gasteiger partial charge is 0.223 e. The minimum absolute atomic E-state index is 0.182. The number of rotatable bonds is 5. The van der Waals surface area contributed by atoms with Gasteiger partial charge in [0.05, 0.1) is 6.54 Å². The van der Waals surface area contributed by atoms with Crippen molar-refractivity contribution >= 4 is 5.95 Å². The molecule has 0 saturated carbocycles. The van der Waals surface area contributed by atoms with E-state index in [0.717, 1.165) is 11.5 Å². The van der Waals surface area contributed by atoms with Gasteiger partial charge in [-0.25, -0.2) is 19.3 Å². The highest BCUT2D eigenvalue weighted by molar-refractivity contribution is 5.78. The number of nitrogens with zero attached hydrogens (tertiary/aromatic N) is 4. The van der Waals surface area contributed by atoms with E-state index in [9.17, 15) is 4.39 Å². The summed E-state index contributed by atoms with van der Waals surface area (Å²) >= 11 is 0. The van der Waals surface area contributed by atoms with Crippen LogP contribution in [0.1, 0.15) is 0 Å². The Morgan fingerprint density at radius 2 is 2.00 bits per heavy atom. The van der Waals surface area contributed by atoms with E-state index in [-0.39, 0.29) is 11.9 Å². The van der Waals surface area contributed by atoms with Crippen molar-refractivity contribution in [2.75, 3.05) is 18.5 Å². The van der Waals surface area contributed by atoms with Crippen molar-refractivity contribution in [3.63, 3.8) is 0 Å². The summed E-state index contributed by atoms with van der Waals surface area (Å²) in [5.74, 6) is 2.24. The van der Waals surface area contributed by atoms with Gasteiger partial charge in [-0.15, -0.1) is 0 Å². The molecule has 0 fully saturated rings. The average Bonchev–Trinajstić information content (AvgIpc) is 3.23. The molecule has 3 heterocycles. The SMILES string of the molecule is Cn1ccnc1-c1nc(NC[C@H]2COc3ccccc3O2)ncc1-c1cccc(F)c1. The summed E-state index contributed by atoms with van der Waals surface area (Å²) in [6.07, 6.45) is 5.04. The van der Waals surface area contributed by atoms with E-state index >= 15 is 0 Å². The molecule has 4 aromatic rings. The number of halogens is 1. The number of hydrogen-bond acceptors (Lipinski definition) is 6. The monoisotopic (exact) mass is 417 g/mol. The Kier molecular flexibility index (Phi) is 4.95. The van der Waals surface area contributed by atoms with Crippen LogP contribution in [0.4, 0.5) is 10.3 Å². The van der Waals surface area contributed by atoms with Crippen molar-refractivity contribution in [2.24, 2.45) is 7.05 Å². The van der Waals surface area contributed by atoms with E-state index in [4.69, 9.17) is 9.47 Å². The summed E-state index contributed by atoms with van der Waals surface area (Å²) in [4.78, 5) is 13.5. The maximum Gasteiger partial charge on any atom is 0.223 e. The van der Waals surface area contributed by atoms with Crippen LogP contribution in [0.2, 0.25) is 0 Å². The molecule has 2 aromatic carbocycles. The molecule has 31 heavy (non-hydrogen) atoms. The first-order valence-electron chi connectivity index (χ1n) is 9.90. The number of nitrogens with one attached hydrogen (secondary N) is 1. The molecule has 8 heteroatoms. The molecule has 1 N–H and O–H groups in total. The first-order valence-corrected chi connectivity index (χ1v) is 9.90. The Balaban J connectivity index is 1.41. The van der Waals surface area contributed by atoms with Crippen LogP contribution in [0.25, 0.3) is 22.6 Å². The first kappa shape index (κ1) is 19.0.